The van der Waals surface area contributed by atoms with Crippen molar-refractivity contribution in [3.05, 3.63) is 28.8 Å². The van der Waals surface area contributed by atoms with Crippen molar-refractivity contribution in [2.45, 2.75) is 58.1 Å². The standard InChI is InChI=1S/C17H28O2S/c1-16(2,3)13-9-12(11-20-8-7-18)10-14(15(13)19)17(4,5)6/h9-10,18-19H,7-8,11H2,1-6H3. The third-order valence-corrected chi connectivity index (χ3v) is 4.30. The Morgan fingerprint density at radius 3 is 1.75 bits per heavy atom. The van der Waals surface area contributed by atoms with Gasteiger partial charge in [0.1, 0.15) is 5.75 Å². The lowest BCUT2D eigenvalue weighted by atomic mass is 9.78. The zero-order chi connectivity index (χ0) is 15.6. The topological polar surface area (TPSA) is 40.5 Å². The monoisotopic (exact) mass is 296 g/mol. The third-order valence-electron chi connectivity index (χ3n) is 3.29. The van der Waals surface area contributed by atoms with Crippen LogP contribution in [0.3, 0.4) is 0 Å². The molecule has 0 spiro atoms. The quantitative estimate of drug-likeness (QED) is 0.818. The zero-order valence-electron chi connectivity index (χ0n) is 13.6. The van der Waals surface area contributed by atoms with Crippen LogP contribution in [0.5, 0.6) is 5.75 Å². The molecule has 0 aliphatic carbocycles. The van der Waals surface area contributed by atoms with Crippen molar-refractivity contribution in [2.24, 2.45) is 0 Å². The number of hydrogen-bond acceptors (Lipinski definition) is 3. The van der Waals surface area contributed by atoms with Gasteiger partial charge in [-0.25, -0.2) is 0 Å². The summed E-state index contributed by atoms with van der Waals surface area (Å²) in [5.74, 6) is 2.05. The molecule has 0 aromatic heterocycles. The van der Waals surface area contributed by atoms with Crippen molar-refractivity contribution in [2.75, 3.05) is 12.4 Å². The smallest absolute Gasteiger partial charge is 0.123 e. The van der Waals surface area contributed by atoms with Crippen LogP contribution in [0.4, 0.5) is 0 Å². The predicted octanol–water partition coefficient (Wildman–Crippen LogP) is 4.21. The van der Waals surface area contributed by atoms with Gasteiger partial charge in [0.25, 0.3) is 0 Å². The average molecular weight is 296 g/mol. The number of benzene rings is 1. The van der Waals surface area contributed by atoms with Crippen LogP contribution >= 0.6 is 11.8 Å². The van der Waals surface area contributed by atoms with Crippen molar-refractivity contribution in [1.29, 1.82) is 0 Å². The van der Waals surface area contributed by atoms with Crippen LogP contribution in [0.2, 0.25) is 0 Å². The van der Waals surface area contributed by atoms with Gasteiger partial charge in [-0.05, 0) is 27.5 Å². The Balaban J connectivity index is 3.28. The maximum Gasteiger partial charge on any atom is 0.123 e. The van der Waals surface area contributed by atoms with Crippen LogP contribution in [0.25, 0.3) is 0 Å². The summed E-state index contributed by atoms with van der Waals surface area (Å²) in [6.07, 6.45) is 0. The molecule has 1 rings (SSSR count). The van der Waals surface area contributed by atoms with Crippen molar-refractivity contribution in [3.8, 4) is 5.75 Å². The summed E-state index contributed by atoms with van der Waals surface area (Å²) in [5, 5.41) is 19.5. The molecule has 0 bridgehead atoms. The van der Waals surface area contributed by atoms with Crippen LogP contribution in [-0.4, -0.2) is 22.6 Å². The molecule has 0 fully saturated rings. The normalized spacial score (nSPS) is 12.8. The van der Waals surface area contributed by atoms with Crippen LogP contribution in [0, 0.1) is 0 Å². The first-order valence-electron chi connectivity index (χ1n) is 7.13. The minimum absolute atomic E-state index is 0.0816. The number of thioether (sulfide) groups is 1. The molecule has 0 atom stereocenters. The number of aromatic hydroxyl groups is 1. The highest BCUT2D eigenvalue weighted by Crippen LogP contribution is 2.40. The highest BCUT2D eigenvalue weighted by molar-refractivity contribution is 7.98. The Morgan fingerprint density at radius 2 is 1.40 bits per heavy atom. The van der Waals surface area contributed by atoms with Gasteiger partial charge in [-0.2, -0.15) is 11.8 Å². The van der Waals surface area contributed by atoms with Gasteiger partial charge < -0.3 is 10.2 Å². The van der Waals surface area contributed by atoms with E-state index in [9.17, 15) is 5.11 Å². The van der Waals surface area contributed by atoms with Gasteiger partial charge in [0.15, 0.2) is 0 Å². The number of aliphatic hydroxyl groups excluding tert-OH is 1. The molecular weight excluding hydrogens is 268 g/mol. The van der Waals surface area contributed by atoms with Crippen LogP contribution < -0.4 is 0 Å². The summed E-state index contributed by atoms with van der Waals surface area (Å²) in [4.78, 5) is 0. The molecule has 0 saturated heterocycles. The van der Waals surface area contributed by atoms with E-state index in [0.717, 1.165) is 22.6 Å². The number of phenols is 1. The highest BCUT2D eigenvalue weighted by atomic mass is 32.2. The van der Waals surface area contributed by atoms with Gasteiger partial charge in [0.05, 0.1) is 6.61 Å². The minimum Gasteiger partial charge on any atom is -0.507 e. The zero-order valence-corrected chi connectivity index (χ0v) is 14.4. The van der Waals surface area contributed by atoms with Gasteiger partial charge in [-0.1, -0.05) is 53.7 Å². The Bertz CT molecular complexity index is 418. The lowest BCUT2D eigenvalue weighted by Crippen LogP contribution is -2.17. The van der Waals surface area contributed by atoms with Gasteiger partial charge in [-0.15, -0.1) is 0 Å². The van der Waals surface area contributed by atoms with E-state index < -0.39 is 0 Å². The van der Waals surface area contributed by atoms with Crippen molar-refractivity contribution in [1.82, 2.24) is 0 Å². The Labute approximate surface area is 127 Å². The SMILES string of the molecule is CC(C)(C)c1cc(CSCCO)cc(C(C)(C)C)c1O. The van der Waals surface area contributed by atoms with Gasteiger partial charge in [0.2, 0.25) is 0 Å². The first-order chi connectivity index (χ1) is 9.07. The second kappa shape index (κ2) is 6.40. The molecule has 20 heavy (non-hydrogen) atoms. The summed E-state index contributed by atoms with van der Waals surface area (Å²) < 4.78 is 0. The summed E-state index contributed by atoms with van der Waals surface area (Å²) >= 11 is 1.72. The lowest BCUT2D eigenvalue weighted by molar-refractivity contribution is 0.322. The number of aliphatic hydroxyl groups is 1. The van der Waals surface area contributed by atoms with E-state index in [2.05, 4.69) is 53.7 Å². The minimum atomic E-state index is -0.0816. The van der Waals surface area contributed by atoms with Crippen molar-refractivity contribution < 1.29 is 10.2 Å². The first-order valence-corrected chi connectivity index (χ1v) is 8.28. The molecule has 0 aliphatic rings. The van der Waals surface area contributed by atoms with E-state index in [0.29, 0.717) is 5.75 Å². The molecule has 1 aromatic carbocycles. The summed E-state index contributed by atoms with van der Waals surface area (Å²) in [7, 11) is 0. The highest BCUT2D eigenvalue weighted by Gasteiger charge is 2.26. The van der Waals surface area contributed by atoms with E-state index in [-0.39, 0.29) is 17.4 Å². The van der Waals surface area contributed by atoms with Gasteiger partial charge in [-0.3, -0.25) is 0 Å². The van der Waals surface area contributed by atoms with Crippen LogP contribution in [0.15, 0.2) is 12.1 Å². The van der Waals surface area contributed by atoms with E-state index in [1.165, 1.54) is 5.56 Å². The molecule has 0 amide bonds. The first kappa shape index (κ1) is 17.4. The van der Waals surface area contributed by atoms with E-state index in [4.69, 9.17) is 5.11 Å². The Kier molecular flexibility index (Phi) is 5.56. The van der Waals surface area contributed by atoms with Crippen molar-refractivity contribution in [3.63, 3.8) is 0 Å². The molecule has 2 N–H and O–H groups in total. The Morgan fingerprint density at radius 1 is 0.950 bits per heavy atom. The van der Waals surface area contributed by atoms with Crippen LogP contribution in [-0.2, 0) is 16.6 Å². The van der Waals surface area contributed by atoms with Crippen LogP contribution in [0.1, 0.15) is 58.2 Å². The van der Waals surface area contributed by atoms with E-state index in [1.807, 2.05) is 0 Å². The molecule has 0 radical (unpaired) electrons. The molecule has 3 heteroatoms. The fraction of sp³-hybridized carbons (Fsp3) is 0.647. The Hall–Kier alpha value is -0.670. The summed E-state index contributed by atoms with van der Waals surface area (Å²) in [6.45, 7) is 13.0. The third kappa shape index (κ3) is 4.42. The molecule has 0 heterocycles. The largest absolute Gasteiger partial charge is 0.507 e. The second-order valence-electron chi connectivity index (χ2n) is 7.32. The number of hydrogen-bond donors (Lipinski definition) is 2. The number of phenolic OH excluding ortho intramolecular Hbond substituents is 1. The molecule has 1 aromatic rings. The van der Waals surface area contributed by atoms with E-state index >= 15 is 0 Å². The molecular formula is C17H28O2S. The summed E-state index contributed by atoms with van der Waals surface area (Å²) in [5.41, 5.74) is 3.06. The predicted molar refractivity (Wildman–Crippen MR) is 88.8 cm³/mol. The molecule has 0 unspecified atom stereocenters. The van der Waals surface area contributed by atoms with Gasteiger partial charge in [0, 0.05) is 11.5 Å². The molecule has 114 valence electrons. The van der Waals surface area contributed by atoms with E-state index in [1.54, 1.807) is 11.8 Å². The maximum absolute atomic E-state index is 10.6. The molecule has 2 nitrogen and oxygen atoms in total. The number of rotatable bonds is 4. The van der Waals surface area contributed by atoms with Crippen molar-refractivity contribution >= 4 is 11.8 Å². The summed E-state index contributed by atoms with van der Waals surface area (Å²) in [6, 6.07) is 4.21. The maximum atomic E-state index is 10.6. The lowest BCUT2D eigenvalue weighted by Gasteiger charge is -2.28. The average Bonchev–Trinajstić information content (AvgIpc) is 2.28. The fourth-order valence-electron chi connectivity index (χ4n) is 2.18. The van der Waals surface area contributed by atoms with Gasteiger partial charge >= 0.3 is 0 Å². The molecule has 0 saturated carbocycles. The fourth-order valence-corrected chi connectivity index (χ4v) is 2.85. The second-order valence-corrected chi connectivity index (χ2v) is 8.42. The molecule has 0 aliphatic heterocycles.